The number of nitrogens with two attached hydrogens (primary N) is 1. The normalized spacial score (nSPS) is 10.4. The molecule has 116 valence electrons. The number of rotatable bonds is 4. The van der Waals surface area contributed by atoms with Gasteiger partial charge in [-0.25, -0.2) is 9.78 Å². The zero-order chi connectivity index (χ0) is 16.4. The molecule has 1 amide bonds. The number of carbonyl (C=O) groups is 2. The number of nitrogens with one attached hydrogen (secondary N) is 1. The summed E-state index contributed by atoms with van der Waals surface area (Å²) < 4.78 is 0. The van der Waals surface area contributed by atoms with Gasteiger partial charge in [-0.05, 0) is 12.1 Å². The van der Waals surface area contributed by atoms with Gasteiger partial charge in [-0.15, -0.1) is 11.3 Å². The van der Waals surface area contributed by atoms with E-state index in [0.29, 0.717) is 20.7 Å². The fraction of sp³-hybridized carbons (Fsp3) is 0. The average molecular weight is 345 g/mol. The molecule has 3 aromatic rings. The number of nitrogen functional groups attached to an aromatic ring is 1. The third-order valence-corrected chi connectivity index (χ3v) is 4.83. The molecular weight excluding hydrogens is 334 g/mol. The Bertz CT molecular complexity index is 871. The highest BCUT2D eigenvalue weighted by Gasteiger charge is 2.16. The number of hydrogen-bond acceptors (Lipinski definition) is 6. The average Bonchev–Trinajstić information content (AvgIpc) is 3.15. The number of aromatic nitrogens is 1. The van der Waals surface area contributed by atoms with Crippen LogP contribution in [0.2, 0.25) is 0 Å². The minimum Gasteiger partial charge on any atom is -0.477 e. The Hall–Kier alpha value is -2.71. The summed E-state index contributed by atoms with van der Waals surface area (Å²) in [6.07, 6.45) is 0. The van der Waals surface area contributed by atoms with Crippen LogP contribution in [0.25, 0.3) is 11.3 Å². The van der Waals surface area contributed by atoms with Gasteiger partial charge in [0.2, 0.25) is 0 Å². The summed E-state index contributed by atoms with van der Waals surface area (Å²) in [4.78, 5) is 27.7. The standard InChI is InChI=1S/C15H11N3O3S2/c16-12-11(8-4-2-1-3-5-8)17-15(23-12)18-13(19)9-6-7-10(22-9)14(20)21/h1-7H,16H2,(H,20,21)(H,17,18,19). The van der Waals surface area contributed by atoms with Crippen molar-refractivity contribution >= 4 is 44.7 Å². The molecule has 23 heavy (non-hydrogen) atoms. The molecule has 6 nitrogen and oxygen atoms in total. The molecule has 2 heterocycles. The van der Waals surface area contributed by atoms with Crippen molar-refractivity contribution in [3.63, 3.8) is 0 Å². The molecule has 8 heteroatoms. The van der Waals surface area contributed by atoms with Crippen molar-refractivity contribution in [2.24, 2.45) is 0 Å². The third-order valence-electron chi connectivity index (χ3n) is 2.96. The second kappa shape index (κ2) is 6.19. The van der Waals surface area contributed by atoms with Crippen molar-refractivity contribution in [2.45, 2.75) is 0 Å². The van der Waals surface area contributed by atoms with Crippen molar-refractivity contribution in [3.05, 3.63) is 52.2 Å². The number of amides is 1. The number of anilines is 2. The van der Waals surface area contributed by atoms with Crippen LogP contribution < -0.4 is 11.1 Å². The molecule has 0 radical (unpaired) electrons. The lowest BCUT2D eigenvalue weighted by Crippen LogP contribution is -2.09. The van der Waals surface area contributed by atoms with E-state index in [2.05, 4.69) is 10.3 Å². The number of benzene rings is 1. The SMILES string of the molecule is Nc1sc(NC(=O)c2ccc(C(=O)O)s2)nc1-c1ccccc1. The van der Waals surface area contributed by atoms with Crippen LogP contribution in [0.5, 0.6) is 0 Å². The van der Waals surface area contributed by atoms with Gasteiger partial charge in [0, 0.05) is 5.56 Å². The maximum absolute atomic E-state index is 12.1. The van der Waals surface area contributed by atoms with E-state index in [9.17, 15) is 9.59 Å². The van der Waals surface area contributed by atoms with Gasteiger partial charge in [-0.2, -0.15) is 0 Å². The lowest BCUT2D eigenvalue weighted by Gasteiger charge is -1.98. The predicted octanol–water partition coefficient (Wildman–Crippen LogP) is 3.40. The zero-order valence-corrected chi connectivity index (χ0v) is 13.3. The van der Waals surface area contributed by atoms with E-state index in [0.717, 1.165) is 16.9 Å². The first kappa shape index (κ1) is 15.2. The Labute approximate surface area is 139 Å². The summed E-state index contributed by atoms with van der Waals surface area (Å²) in [5, 5.41) is 12.4. The first-order valence-corrected chi connectivity index (χ1v) is 8.14. The number of thiophene rings is 1. The van der Waals surface area contributed by atoms with Crippen LogP contribution in [0.1, 0.15) is 19.3 Å². The van der Waals surface area contributed by atoms with Crippen LogP contribution in [0, 0.1) is 0 Å². The Morgan fingerprint density at radius 2 is 1.74 bits per heavy atom. The van der Waals surface area contributed by atoms with Crippen LogP contribution in [-0.2, 0) is 0 Å². The van der Waals surface area contributed by atoms with Crippen molar-refractivity contribution in [1.82, 2.24) is 4.98 Å². The number of hydrogen-bond donors (Lipinski definition) is 3. The van der Waals surface area contributed by atoms with Crippen molar-refractivity contribution in [3.8, 4) is 11.3 Å². The van der Waals surface area contributed by atoms with Gasteiger partial charge in [-0.1, -0.05) is 41.7 Å². The minimum absolute atomic E-state index is 0.110. The maximum atomic E-state index is 12.1. The van der Waals surface area contributed by atoms with Gasteiger partial charge in [0.15, 0.2) is 5.13 Å². The van der Waals surface area contributed by atoms with Crippen LogP contribution in [-0.4, -0.2) is 22.0 Å². The molecule has 3 rings (SSSR count). The smallest absolute Gasteiger partial charge is 0.345 e. The maximum Gasteiger partial charge on any atom is 0.345 e. The van der Waals surface area contributed by atoms with E-state index < -0.39 is 11.9 Å². The highest BCUT2D eigenvalue weighted by atomic mass is 32.1. The number of aromatic carboxylic acids is 1. The molecule has 2 aromatic heterocycles. The van der Waals surface area contributed by atoms with Crippen molar-refractivity contribution in [1.29, 1.82) is 0 Å². The highest BCUT2D eigenvalue weighted by Crippen LogP contribution is 2.33. The van der Waals surface area contributed by atoms with E-state index in [4.69, 9.17) is 10.8 Å². The summed E-state index contributed by atoms with van der Waals surface area (Å²) >= 11 is 2.08. The molecule has 1 aromatic carbocycles. The molecule has 0 spiro atoms. The number of carbonyl (C=O) groups excluding carboxylic acids is 1. The van der Waals surface area contributed by atoms with Crippen molar-refractivity contribution < 1.29 is 14.7 Å². The van der Waals surface area contributed by atoms with Gasteiger partial charge in [0.05, 0.1) is 4.88 Å². The molecule has 0 saturated carbocycles. The largest absolute Gasteiger partial charge is 0.477 e. The van der Waals surface area contributed by atoms with Gasteiger partial charge in [0.1, 0.15) is 15.6 Å². The molecular formula is C15H11N3O3S2. The molecule has 0 atom stereocenters. The van der Waals surface area contributed by atoms with Crippen LogP contribution in [0.15, 0.2) is 42.5 Å². The Balaban J connectivity index is 1.80. The first-order valence-electron chi connectivity index (χ1n) is 6.51. The topological polar surface area (TPSA) is 105 Å². The molecule has 0 aliphatic heterocycles. The van der Waals surface area contributed by atoms with Gasteiger partial charge < -0.3 is 10.8 Å². The molecule has 0 aliphatic rings. The summed E-state index contributed by atoms with van der Waals surface area (Å²) in [6.45, 7) is 0. The van der Waals surface area contributed by atoms with E-state index >= 15 is 0 Å². The van der Waals surface area contributed by atoms with Crippen LogP contribution in [0.4, 0.5) is 10.1 Å². The van der Waals surface area contributed by atoms with Crippen LogP contribution in [0.3, 0.4) is 0 Å². The molecule has 4 N–H and O–H groups in total. The van der Waals surface area contributed by atoms with E-state index in [1.54, 1.807) is 0 Å². The highest BCUT2D eigenvalue weighted by molar-refractivity contribution is 7.20. The lowest BCUT2D eigenvalue weighted by molar-refractivity contribution is 0.0702. The predicted molar refractivity (Wildman–Crippen MR) is 91.2 cm³/mol. The monoisotopic (exact) mass is 345 g/mol. The summed E-state index contributed by atoms with van der Waals surface area (Å²) in [5.74, 6) is -1.46. The Morgan fingerprint density at radius 3 is 2.39 bits per heavy atom. The quantitative estimate of drug-likeness (QED) is 0.672. The fourth-order valence-corrected chi connectivity index (χ4v) is 3.41. The van der Waals surface area contributed by atoms with Crippen molar-refractivity contribution in [2.75, 3.05) is 11.1 Å². The first-order chi connectivity index (χ1) is 11.0. The van der Waals surface area contributed by atoms with E-state index in [-0.39, 0.29) is 4.88 Å². The summed E-state index contributed by atoms with van der Waals surface area (Å²) in [7, 11) is 0. The van der Waals surface area contributed by atoms with E-state index in [1.165, 1.54) is 23.5 Å². The fourth-order valence-electron chi connectivity index (χ4n) is 1.92. The third kappa shape index (κ3) is 3.22. The molecule has 0 saturated heterocycles. The number of nitrogens with zero attached hydrogens (tertiary/aromatic N) is 1. The summed E-state index contributed by atoms with van der Waals surface area (Å²) in [5.41, 5.74) is 7.44. The van der Waals surface area contributed by atoms with Gasteiger partial charge in [0.25, 0.3) is 5.91 Å². The number of carboxylic acid groups (broad SMARTS) is 1. The second-order valence-electron chi connectivity index (χ2n) is 4.52. The van der Waals surface area contributed by atoms with Crippen LogP contribution >= 0.6 is 22.7 Å². The number of thiazole rings is 1. The lowest BCUT2D eigenvalue weighted by atomic mass is 10.2. The van der Waals surface area contributed by atoms with E-state index in [1.807, 2.05) is 30.3 Å². The Kier molecular flexibility index (Phi) is 4.09. The minimum atomic E-state index is -1.06. The molecule has 0 bridgehead atoms. The Morgan fingerprint density at radius 1 is 1.04 bits per heavy atom. The second-order valence-corrected chi connectivity index (χ2v) is 6.64. The van der Waals surface area contributed by atoms with Gasteiger partial charge in [-0.3, -0.25) is 10.1 Å². The molecule has 0 fully saturated rings. The van der Waals surface area contributed by atoms with Gasteiger partial charge >= 0.3 is 5.97 Å². The number of carboxylic acids is 1. The molecule has 0 unspecified atom stereocenters. The summed E-state index contributed by atoms with van der Waals surface area (Å²) in [6, 6.07) is 12.3. The zero-order valence-electron chi connectivity index (χ0n) is 11.6. The molecule has 0 aliphatic carbocycles.